The molecule has 7 heteroatoms. The number of nitrogens with one attached hydrogen (secondary N) is 2. The lowest BCUT2D eigenvalue weighted by Crippen LogP contribution is -2.19. The SMILES string of the molecule is CCC(CC)Nc1cc(NCCc2ccncc2)c2nnc(C3CC3)n2n1. The second-order valence-corrected chi connectivity index (χ2v) is 7.20. The molecular weight excluding hydrogens is 338 g/mol. The first-order valence-corrected chi connectivity index (χ1v) is 9.94. The molecule has 0 amide bonds. The molecule has 27 heavy (non-hydrogen) atoms. The van der Waals surface area contributed by atoms with Gasteiger partial charge in [-0.3, -0.25) is 4.98 Å². The topological polar surface area (TPSA) is 80.0 Å². The maximum absolute atomic E-state index is 4.79. The molecule has 0 aliphatic heterocycles. The molecule has 0 aromatic carbocycles. The zero-order valence-electron chi connectivity index (χ0n) is 16.0. The number of hydrogen-bond donors (Lipinski definition) is 2. The molecule has 0 bridgehead atoms. The van der Waals surface area contributed by atoms with Crippen LogP contribution in [0.1, 0.15) is 56.8 Å². The van der Waals surface area contributed by atoms with Gasteiger partial charge in [0.2, 0.25) is 5.65 Å². The lowest BCUT2D eigenvalue weighted by molar-refractivity contribution is 0.664. The van der Waals surface area contributed by atoms with E-state index in [9.17, 15) is 0 Å². The summed E-state index contributed by atoms with van der Waals surface area (Å²) < 4.78 is 1.93. The van der Waals surface area contributed by atoms with Crippen molar-refractivity contribution in [2.75, 3.05) is 17.2 Å². The summed E-state index contributed by atoms with van der Waals surface area (Å²) in [5.41, 5.74) is 3.05. The average Bonchev–Trinajstić information content (AvgIpc) is 3.46. The molecule has 7 nitrogen and oxygen atoms in total. The second-order valence-electron chi connectivity index (χ2n) is 7.20. The summed E-state index contributed by atoms with van der Waals surface area (Å²) in [6.07, 6.45) is 9.08. The molecule has 4 rings (SSSR count). The molecular formula is C20H27N7. The van der Waals surface area contributed by atoms with Crippen LogP contribution in [0.15, 0.2) is 30.6 Å². The summed E-state index contributed by atoms with van der Waals surface area (Å²) in [5, 5.41) is 20.7. The van der Waals surface area contributed by atoms with Gasteiger partial charge in [0.05, 0.1) is 5.69 Å². The highest BCUT2D eigenvalue weighted by molar-refractivity contribution is 5.70. The molecule has 2 N–H and O–H groups in total. The van der Waals surface area contributed by atoms with Crippen LogP contribution in [0.25, 0.3) is 5.65 Å². The van der Waals surface area contributed by atoms with Crippen molar-refractivity contribution >= 4 is 17.2 Å². The van der Waals surface area contributed by atoms with E-state index in [4.69, 9.17) is 5.10 Å². The monoisotopic (exact) mass is 365 g/mol. The van der Waals surface area contributed by atoms with E-state index in [0.717, 1.165) is 48.8 Å². The number of fused-ring (bicyclic) bond motifs is 1. The van der Waals surface area contributed by atoms with Crippen LogP contribution in [0, 0.1) is 0 Å². The van der Waals surface area contributed by atoms with Gasteiger partial charge in [-0.2, -0.15) is 4.52 Å². The fourth-order valence-corrected chi connectivity index (χ4v) is 3.29. The van der Waals surface area contributed by atoms with E-state index in [-0.39, 0.29) is 0 Å². The molecule has 1 aliphatic carbocycles. The molecule has 3 heterocycles. The first-order chi connectivity index (χ1) is 13.3. The quantitative estimate of drug-likeness (QED) is 0.602. The fourth-order valence-electron chi connectivity index (χ4n) is 3.29. The summed E-state index contributed by atoms with van der Waals surface area (Å²) in [5.74, 6) is 2.36. The number of pyridine rings is 1. The van der Waals surface area contributed by atoms with Gasteiger partial charge in [-0.15, -0.1) is 15.3 Å². The van der Waals surface area contributed by atoms with Crippen molar-refractivity contribution in [1.82, 2.24) is 24.8 Å². The Morgan fingerprint density at radius 3 is 2.63 bits per heavy atom. The summed E-state index contributed by atoms with van der Waals surface area (Å²) >= 11 is 0. The first-order valence-electron chi connectivity index (χ1n) is 9.94. The zero-order chi connectivity index (χ0) is 18.6. The molecule has 3 aromatic heterocycles. The van der Waals surface area contributed by atoms with Crippen LogP contribution in [-0.2, 0) is 6.42 Å². The average molecular weight is 365 g/mol. The molecule has 0 atom stereocenters. The third-order valence-electron chi connectivity index (χ3n) is 5.15. The van der Waals surface area contributed by atoms with Gasteiger partial charge in [0.1, 0.15) is 5.82 Å². The van der Waals surface area contributed by atoms with E-state index < -0.39 is 0 Å². The number of nitrogens with zero attached hydrogens (tertiary/aromatic N) is 5. The Kier molecular flexibility index (Phi) is 5.18. The standard InChI is InChI=1S/C20H27N7/c1-3-16(4-2)23-18-13-17(22-12-9-14-7-10-21-11-8-14)20-25-24-19(15-5-6-15)27(20)26-18/h7-8,10-11,13,15-16,22H,3-6,9,12H2,1-2H3,(H,23,26). The molecule has 0 saturated heterocycles. The maximum atomic E-state index is 4.79. The Morgan fingerprint density at radius 1 is 1.15 bits per heavy atom. The van der Waals surface area contributed by atoms with E-state index in [1.165, 1.54) is 18.4 Å². The normalized spacial score (nSPS) is 14.0. The Bertz CT molecular complexity index is 882. The van der Waals surface area contributed by atoms with Crippen molar-refractivity contribution in [2.45, 2.75) is 57.9 Å². The summed E-state index contributed by atoms with van der Waals surface area (Å²) in [4.78, 5) is 4.07. The van der Waals surface area contributed by atoms with Crippen LogP contribution in [0.5, 0.6) is 0 Å². The molecule has 0 unspecified atom stereocenters. The van der Waals surface area contributed by atoms with Crippen molar-refractivity contribution < 1.29 is 0 Å². The minimum absolute atomic E-state index is 0.417. The maximum Gasteiger partial charge on any atom is 0.201 e. The van der Waals surface area contributed by atoms with Gasteiger partial charge in [-0.1, -0.05) is 13.8 Å². The first kappa shape index (κ1) is 17.7. The Hall–Kier alpha value is -2.70. The lowest BCUT2D eigenvalue weighted by Gasteiger charge is -2.17. The minimum atomic E-state index is 0.417. The second kappa shape index (κ2) is 7.90. The molecule has 1 saturated carbocycles. The molecule has 1 fully saturated rings. The van der Waals surface area contributed by atoms with Gasteiger partial charge in [-0.25, -0.2) is 0 Å². The molecule has 3 aromatic rings. The number of aromatic nitrogens is 5. The number of hydrogen-bond acceptors (Lipinski definition) is 6. The van der Waals surface area contributed by atoms with Crippen LogP contribution >= 0.6 is 0 Å². The minimum Gasteiger partial charge on any atom is -0.381 e. The van der Waals surface area contributed by atoms with Gasteiger partial charge in [-0.05, 0) is 49.8 Å². The highest BCUT2D eigenvalue weighted by Crippen LogP contribution is 2.39. The van der Waals surface area contributed by atoms with Crippen LogP contribution in [0.3, 0.4) is 0 Å². The van der Waals surface area contributed by atoms with Gasteiger partial charge in [0.25, 0.3) is 0 Å². The third-order valence-corrected chi connectivity index (χ3v) is 5.15. The van der Waals surface area contributed by atoms with Crippen molar-refractivity contribution in [1.29, 1.82) is 0 Å². The summed E-state index contributed by atoms with van der Waals surface area (Å²) in [6, 6.07) is 6.57. The van der Waals surface area contributed by atoms with E-state index in [0.29, 0.717) is 12.0 Å². The van der Waals surface area contributed by atoms with Gasteiger partial charge in [0, 0.05) is 37.0 Å². The fraction of sp³-hybridized carbons (Fsp3) is 0.500. The van der Waals surface area contributed by atoms with Crippen molar-refractivity contribution in [3.8, 4) is 0 Å². The molecule has 1 aliphatic rings. The number of rotatable bonds is 9. The molecule has 0 radical (unpaired) electrons. The van der Waals surface area contributed by atoms with Gasteiger partial charge >= 0.3 is 0 Å². The van der Waals surface area contributed by atoms with Crippen LogP contribution in [0.4, 0.5) is 11.5 Å². The Balaban J connectivity index is 1.59. The van der Waals surface area contributed by atoms with E-state index >= 15 is 0 Å². The molecule has 0 spiro atoms. The Labute approximate surface area is 159 Å². The largest absolute Gasteiger partial charge is 0.381 e. The smallest absolute Gasteiger partial charge is 0.201 e. The van der Waals surface area contributed by atoms with Gasteiger partial charge < -0.3 is 10.6 Å². The van der Waals surface area contributed by atoms with E-state index in [1.807, 2.05) is 29.0 Å². The van der Waals surface area contributed by atoms with Crippen molar-refractivity contribution in [3.05, 3.63) is 42.0 Å². The highest BCUT2D eigenvalue weighted by Gasteiger charge is 2.30. The summed E-state index contributed by atoms with van der Waals surface area (Å²) in [6.45, 7) is 5.21. The van der Waals surface area contributed by atoms with Crippen molar-refractivity contribution in [3.63, 3.8) is 0 Å². The predicted molar refractivity (Wildman–Crippen MR) is 107 cm³/mol. The lowest BCUT2D eigenvalue weighted by atomic mass is 10.2. The van der Waals surface area contributed by atoms with Crippen LogP contribution < -0.4 is 10.6 Å². The van der Waals surface area contributed by atoms with Crippen LogP contribution in [0.2, 0.25) is 0 Å². The Morgan fingerprint density at radius 2 is 1.93 bits per heavy atom. The summed E-state index contributed by atoms with van der Waals surface area (Å²) in [7, 11) is 0. The van der Waals surface area contributed by atoms with E-state index in [1.54, 1.807) is 0 Å². The third kappa shape index (κ3) is 4.02. The molecule has 142 valence electrons. The number of anilines is 2. The van der Waals surface area contributed by atoms with Crippen molar-refractivity contribution in [2.24, 2.45) is 0 Å². The van der Waals surface area contributed by atoms with Crippen LogP contribution in [-0.4, -0.2) is 37.4 Å². The highest BCUT2D eigenvalue weighted by atomic mass is 15.4. The predicted octanol–water partition coefficient (Wildman–Crippen LogP) is 3.65. The zero-order valence-corrected chi connectivity index (χ0v) is 16.0. The van der Waals surface area contributed by atoms with E-state index in [2.05, 4.69) is 45.7 Å². The van der Waals surface area contributed by atoms with Gasteiger partial charge in [0.15, 0.2) is 5.82 Å².